The van der Waals surface area contributed by atoms with Gasteiger partial charge in [0.15, 0.2) is 0 Å². The maximum absolute atomic E-state index is 12.0. The second kappa shape index (κ2) is 4.65. The zero-order valence-corrected chi connectivity index (χ0v) is 10.8. The molecule has 1 amide bonds. The Kier molecular flexibility index (Phi) is 3.00. The molecule has 0 spiro atoms. The largest absolute Gasteiger partial charge is 0.377 e. The molecule has 1 N–H and O–H groups in total. The van der Waals surface area contributed by atoms with Gasteiger partial charge in [0.25, 0.3) is 5.91 Å². The molecule has 1 aromatic rings. The molecule has 1 aromatic carbocycles. The summed E-state index contributed by atoms with van der Waals surface area (Å²) in [7, 11) is 0. The number of fused-ring (bicyclic) bond motifs is 1. The van der Waals surface area contributed by atoms with Gasteiger partial charge in [-0.1, -0.05) is 17.7 Å². The molecule has 3 rings (SSSR count). The smallest absolute Gasteiger partial charge is 0.257 e. The minimum Gasteiger partial charge on any atom is -0.377 e. The van der Waals surface area contributed by atoms with Crippen LogP contribution in [0.2, 0.25) is 5.02 Å². The van der Waals surface area contributed by atoms with Crippen molar-refractivity contribution in [1.82, 2.24) is 4.90 Å². The molecule has 2 aliphatic heterocycles. The second-order valence-electron chi connectivity index (χ2n) is 4.78. The molecule has 1 saturated heterocycles. The van der Waals surface area contributed by atoms with E-state index in [2.05, 4.69) is 10.2 Å². The van der Waals surface area contributed by atoms with Crippen molar-refractivity contribution >= 4 is 28.8 Å². The van der Waals surface area contributed by atoms with Crippen LogP contribution in [0.25, 0.3) is 5.57 Å². The first-order chi connectivity index (χ1) is 8.74. The normalized spacial score (nSPS) is 21.1. The average Bonchev–Trinajstić information content (AvgIpc) is 2.66. The van der Waals surface area contributed by atoms with Gasteiger partial charge < -0.3 is 10.2 Å². The molecule has 3 nitrogen and oxygen atoms in total. The van der Waals surface area contributed by atoms with E-state index in [-0.39, 0.29) is 5.91 Å². The number of hydrogen-bond donors (Lipinski definition) is 1. The highest BCUT2D eigenvalue weighted by Gasteiger charge is 2.25. The third kappa shape index (κ3) is 2.10. The van der Waals surface area contributed by atoms with Crippen LogP contribution in [0.5, 0.6) is 0 Å². The summed E-state index contributed by atoms with van der Waals surface area (Å²) in [4.78, 5) is 14.2. The van der Waals surface area contributed by atoms with E-state index in [0.717, 1.165) is 29.9 Å². The summed E-state index contributed by atoms with van der Waals surface area (Å²) in [5.74, 6) is -0.0298. The molecule has 0 unspecified atom stereocenters. The van der Waals surface area contributed by atoms with Crippen LogP contribution in [-0.4, -0.2) is 23.9 Å². The summed E-state index contributed by atoms with van der Waals surface area (Å²) < 4.78 is 0. The number of likely N-dealkylation sites (tertiary alicyclic amines) is 1. The van der Waals surface area contributed by atoms with Crippen LogP contribution in [0.4, 0.5) is 5.69 Å². The monoisotopic (exact) mass is 262 g/mol. The third-order valence-electron chi connectivity index (χ3n) is 3.47. The SMILES string of the molecule is O=C1Nc2cc(Cl)ccc2/C1=C\N1CCCCC1. The van der Waals surface area contributed by atoms with Gasteiger partial charge in [-0.2, -0.15) is 0 Å². The van der Waals surface area contributed by atoms with E-state index >= 15 is 0 Å². The number of hydrogen-bond acceptors (Lipinski definition) is 2. The van der Waals surface area contributed by atoms with Crippen molar-refractivity contribution in [1.29, 1.82) is 0 Å². The Morgan fingerprint density at radius 2 is 2.00 bits per heavy atom. The fraction of sp³-hybridized carbons (Fsp3) is 0.357. The summed E-state index contributed by atoms with van der Waals surface area (Å²) in [5.41, 5.74) is 2.52. The minimum atomic E-state index is -0.0298. The molecular weight excluding hydrogens is 248 g/mol. The van der Waals surface area contributed by atoms with Crippen LogP contribution in [-0.2, 0) is 4.79 Å². The summed E-state index contributed by atoms with van der Waals surface area (Å²) in [6.07, 6.45) is 5.70. The van der Waals surface area contributed by atoms with Crippen LogP contribution < -0.4 is 5.32 Å². The van der Waals surface area contributed by atoms with Crippen molar-refractivity contribution in [2.24, 2.45) is 0 Å². The first kappa shape index (κ1) is 11.6. The number of rotatable bonds is 1. The number of nitrogens with one attached hydrogen (secondary N) is 1. The number of nitrogens with zero attached hydrogens (tertiary/aromatic N) is 1. The van der Waals surface area contributed by atoms with Crippen molar-refractivity contribution < 1.29 is 4.79 Å². The molecule has 94 valence electrons. The van der Waals surface area contributed by atoms with Crippen molar-refractivity contribution in [3.8, 4) is 0 Å². The summed E-state index contributed by atoms with van der Waals surface area (Å²) in [5, 5.41) is 3.51. The van der Waals surface area contributed by atoms with E-state index in [0.29, 0.717) is 5.02 Å². The Morgan fingerprint density at radius 3 is 2.78 bits per heavy atom. The number of amides is 1. The summed E-state index contributed by atoms with van der Waals surface area (Å²) in [6, 6.07) is 5.53. The molecule has 0 bridgehead atoms. The lowest BCUT2D eigenvalue weighted by Crippen LogP contribution is -2.25. The van der Waals surface area contributed by atoms with Gasteiger partial charge in [0, 0.05) is 29.9 Å². The van der Waals surface area contributed by atoms with Crippen molar-refractivity contribution in [2.45, 2.75) is 19.3 Å². The van der Waals surface area contributed by atoms with E-state index in [4.69, 9.17) is 11.6 Å². The number of anilines is 1. The third-order valence-corrected chi connectivity index (χ3v) is 3.70. The lowest BCUT2D eigenvalue weighted by atomic mass is 10.1. The van der Waals surface area contributed by atoms with Crippen molar-refractivity contribution in [3.05, 3.63) is 35.0 Å². The van der Waals surface area contributed by atoms with E-state index in [1.807, 2.05) is 18.3 Å². The van der Waals surface area contributed by atoms with Crippen LogP contribution in [0.1, 0.15) is 24.8 Å². The van der Waals surface area contributed by atoms with Gasteiger partial charge in [0.1, 0.15) is 0 Å². The Bertz CT molecular complexity index is 519. The fourth-order valence-electron chi connectivity index (χ4n) is 2.52. The molecule has 0 aromatic heterocycles. The average molecular weight is 263 g/mol. The van der Waals surface area contributed by atoms with Gasteiger partial charge in [-0.05, 0) is 31.4 Å². The Morgan fingerprint density at radius 1 is 1.22 bits per heavy atom. The van der Waals surface area contributed by atoms with Gasteiger partial charge >= 0.3 is 0 Å². The second-order valence-corrected chi connectivity index (χ2v) is 5.22. The number of carbonyl (C=O) groups is 1. The quantitative estimate of drug-likeness (QED) is 0.789. The van der Waals surface area contributed by atoms with Crippen LogP contribution in [0, 0.1) is 0 Å². The number of benzene rings is 1. The van der Waals surface area contributed by atoms with E-state index in [9.17, 15) is 4.79 Å². The predicted molar refractivity (Wildman–Crippen MR) is 73.5 cm³/mol. The molecule has 0 radical (unpaired) electrons. The molecular formula is C14H15ClN2O. The zero-order chi connectivity index (χ0) is 12.5. The van der Waals surface area contributed by atoms with E-state index in [1.54, 1.807) is 6.07 Å². The molecule has 1 fully saturated rings. The van der Waals surface area contributed by atoms with Gasteiger partial charge in [-0.25, -0.2) is 0 Å². The van der Waals surface area contributed by atoms with Gasteiger partial charge in [0.05, 0.1) is 11.3 Å². The van der Waals surface area contributed by atoms with Gasteiger partial charge in [-0.3, -0.25) is 4.79 Å². The van der Waals surface area contributed by atoms with Crippen LogP contribution in [0.3, 0.4) is 0 Å². The molecule has 2 heterocycles. The molecule has 18 heavy (non-hydrogen) atoms. The Hall–Kier alpha value is -1.48. The molecule has 2 aliphatic rings. The molecule has 4 heteroatoms. The number of piperidine rings is 1. The minimum absolute atomic E-state index is 0.0298. The predicted octanol–water partition coefficient (Wildman–Crippen LogP) is 3.12. The number of carbonyl (C=O) groups excluding carboxylic acids is 1. The standard InChI is InChI=1S/C14H15ClN2O/c15-10-4-5-11-12(14(18)16-13(11)8-10)9-17-6-2-1-3-7-17/h4-5,8-9H,1-3,6-7H2,(H,16,18)/b12-9+. The summed E-state index contributed by atoms with van der Waals surface area (Å²) in [6.45, 7) is 2.08. The highest BCUT2D eigenvalue weighted by molar-refractivity contribution is 6.34. The summed E-state index contributed by atoms with van der Waals surface area (Å²) >= 11 is 5.93. The molecule has 0 aliphatic carbocycles. The lowest BCUT2D eigenvalue weighted by Gasteiger charge is -2.25. The Balaban J connectivity index is 1.93. The highest BCUT2D eigenvalue weighted by atomic mass is 35.5. The van der Waals surface area contributed by atoms with Crippen LogP contribution in [0.15, 0.2) is 24.4 Å². The first-order valence-corrected chi connectivity index (χ1v) is 6.69. The highest BCUT2D eigenvalue weighted by Crippen LogP contribution is 2.34. The van der Waals surface area contributed by atoms with Gasteiger partial charge in [0.2, 0.25) is 0 Å². The topological polar surface area (TPSA) is 32.3 Å². The maximum Gasteiger partial charge on any atom is 0.257 e. The lowest BCUT2D eigenvalue weighted by molar-refractivity contribution is -0.110. The van der Waals surface area contributed by atoms with E-state index < -0.39 is 0 Å². The first-order valence-electron chi connectivity index (χ1n) is 6.31. The van der Waals surface area contributed by atoms with E-state index in [1.165, 1.54) is 19.3 Å². The van der Waals surface area contributed by atoms with Gasteiger partial charge in [-0.15, -0.1) is 0 Å². The zero-order valence-electron chi connectivity index (χ0n) is 10.1. The maximum atomic E-state index is 12.0. The molecule has 0 atom stereocenters. The van der Waals surface area contributed by atoms with Crippen molar-refractivity contribution in [3.63, 3.8) is 0 Å². The van der Waals surface area contributed by atoms with Crippen LogP contribution >= 0.6 is 11.6 Å². The Labute approximate surface area is 111 Å². The van der Waals surface area contributed by atoms with Crippen molar-refractivity contribution in [2.75, 3.05) is 18.4 Å². The number of halogens is 1. The molecule has 0 saturated carbocycles. The fourth-order valence-corrected chi connectivity index (χ4v) is 2.70.